The largest absolute Gasteiger partial charge is 0.494 e. The Morgan fingerprint density at radius 3 is 2.62 bits per heavy atom. The molecule has 1 saturated carbocycles. The van der Waals surface area contributed by atoms with Crippen LogP contribution in [0.2, 0.25) is 0 Å². The average molecular weight is 544 g/mol. The first-order chi connectivity index (χ1) is 18.8. The van der Waals surface area contributed by atoms with Gasteiger partial charge >= 0.3 is 6.18 Å². The van der Waals surface area contributed by atoms with E-state index in [9.17, 15) is 18.0 Å². The van der Waals surface area contributed by atoms with Crippen molar-refractivity contribution < 1.29 is 27.4 Å². The van der Waals surface area contributed by atoms with Gasteiger partial charge in [-0.25, -0.2) is 4.98 Å². The van der Waals surface area contributed by atoms with Crippen LogP contribution in [0.1, 0.15) is 67.0 Å². The molecule has 8 nitrogen and oxygen atoms in total. The van der Waals surface area contributed by atoms with Crippen LogP contribution < -0.4 is 10.1 Å². The fraction of sp³-hybridized carbons (Fsp3) is 0.500. The minimum absolute atomic E-state index is 0.0334. The van der Waals surface area contributed by atoms with Crippen molar-refractivity contribution in [2.75, 3.05) is 25.1 Å². The zero-order valence-corrected chi connectivity index (χ0v) is 21.6. The molecule has 0 radical (unpaired) electrons. The maximum atomic E-state index is 13.9. The molecule has 0 bridgehead atoms. The zero-order valence-electron chi connectivity index (χ0n) is 21.6. The lowest BCUT2D eigenvalue weighted by Crippen LogP contribution is -2.17. The van der Waals surface area contributed by atoms with Crippen LogP contribution in [-0.2, 0) is 17.3 Å². The minimum Gasteiger partial charge on any atom is -0.494 e. The Kier molecular flexibility index (Phi) is 8.44. The lowest BCUT2D eigenvalue weighted by Gasteiger charge is -2.22. The van der Waals surface area contributed by atoms with Crippen LogP contribution >= 0.6 is 0 Å². The number of nitrogens with one attached hydrogen (secondary N) is 2. The molecule has 208 valence electrons. The highest BCUT2D eigenvalue weighted by molar-refractivity contribution is 6.01. The number of anilines is 1. The van der Waals surface area contributed by atoms with Crippen LogP contribution in [0.3, 0.4) is 0 Å². The molecular weight excluding hydrogens is 511 g/mol. The summed E-state index contributed by atoms with van der Waals surface area (Å²) < 4.78 is 52.8. The van der Waals surface area contributed by atoms with Crippen molar-refractivity contribution in [3.63, 3.8) is 0 Å². The van der Waals surface area contributed by atoms with Crippen LogP contribution in [0.4, 0.5) is 19.0 Å². The second-order valence-electron chi connectivity index (χ2n) is 10.3. The SMILES string of the molecule is O=C(Nc1cc(-c2cc(OCCC3CCOCC3)ccc2C(F)(F)F)ccn1)c1nnc(CC2CCCC2)[nH]1. The fourth-order valence-corrected chi connectivity index (χ4v) is 5.30. The van der Waals surface area contributed by atoms with Gasteiger partial charge in [0.15, 0.2) is 0 Å². The maximum Gasteiger partial charge on any atom is 0.417 e. The van der Waals surface area contributed by atoms with E-state index in [1.807, 2.05) is 0 Å². The van der Waals surface area contributed by atoms with Gasteiger partial charge in [-0.1, -0.05) is 25.7 Å². The van der Waals surface area contributed by atoms with E-state index in [2.05, 4.69) is 25.5 Å². The summed E-state index contributed by atoms with van der Waals surface area (Å²) >= 11 is 0. The zero-order chi connectivity index (χ0) is 27.2. The van der Waals surface area contributed by atoms with E-state index < -0.39 is 17.6 Å². The molecule has 5 rings (SSSR count). The third-order valence-electron chi connectivity index (χ3n) is 7.45. The third-order valence-corrected chi connectivity index (χ3v) is 7.45. The van der Waals surface area contributed by atoms with Crippen molar-refractivity contribution in [2.45, 2.75) is 57.5 Å². The lowest BCUT2D eigenvalue weighted by molar-refractivity contribution is -0.137. The summed E-state index contributed by atoms with van der Waals surface area (Å²) in [4.78, 5) is 19.8. The smallest absolute Gasteiger partial charge is 0.417 e. The second-order valence-corrected chi connectivity index (χ2v) is 10.3. The fourth-order valence-electron chi connectivity index (χ4n) is 5.30. The number of nitrogens with zero attached hydrogens (tertiary/aromatic N) is 3. The molecule has 3 heterocycles. The average Bonchev–Trinajstić information content (AvgIpc) is 3.62. The standard InChI is InChI=1S/C28H32F3N5O3/c29-28(30,31)23-6-5-21(39-14-10-18-8-12-38-13-9-18)17-22(23)20-7-11-32-24(16-20)34-27(37)26-33-25(35-36-26)15-19-3-1-2-4-19/h5-7,11,16-19H,1-4,8-10,12-15H2,(H,32,34,37)(H,33,35,36). The van der Waals surface area contributed by atoms with Crippen LogP contribution in [0.25, 0.3) is 11.1 Å². The lowest BCUT2D eigenvalue weighted by atomic mass is 9.97. The number of alkyl halides is 3. The van der Waals surface area contributed by atoms with Gasteiger partial charge in [0.05, 0.1) is 12.2 Å². The number of hydrogen-bond donors (Lipinski definition) is 2. The molecule has 3 aromatic rings. The molecule has 0 spiro atoms. The molecule has 11 heteroatoms. The molecule has 2 aromatic heterocycles. The van der Waals surface area contributed by atoms with Crippen LogP contribution in [0.5, 0.6) is 5.75 Å². The van der Waals surface area contributed by atoms with Crippen LogP contribution in [0.15, 0.2) is 36.5 Å². The van der Waals surface area contributed by atoms with E-state index in [4.69, 9.17) is 9.47 Å². The molecule has 1 aliphatic carbocycles. The number of H-pyrrole nitrogens is 1. The highest BCUT2D eigenvalue weighted by Gasteiger charge is 2.34. The molecule has 1 aliphatic heterocycles. The summed E-state index contributed by atoms with van der Waals surface area (Å²) in [6.07, 6.45) is 4.95. The Balaban J connectivity index is 1.29. The molecule has 1 saturated heterocycles. The van der Waals surface area contributed by atoms with Gasteiger partial charge in [-0.15, -0.1) is 10.2 Å². The molecular formula is C28H32F3N5O3. The van der Waals surface area contributed by atoms with Crippen molar-refractivity contribution in [2.24, 2.45) is 11.8 Å². The van der Waals surface area contributed by atoms with E-state index in [-0.39, 0.29) is 22.8 Å². The van der Waals surface area contributed by atoms with Crippen LogP contribution in [0, 0.1) is 11.8 Å². The van der Waals surface area contributed by atoms with Gasteiger partial charge < -0.3 is 19.8 Å². The van der Waals surface area contributed by atoms with Gasteiger partial charge in [0, 0.05) is 25.8 Å². The van der Waals surface area contributed by atoms with E-state index in [0.29, 0.717) is 30.0 Å². The summed E-state index contributed by atoms with van der Waals surface area (Å²) in [5.74, 6) is 1.60. The number of amides is 1. The first-order valence-corrected chi connectivity index (χ1v) is 13.5. The van der Waals surface area contributed by atoms with E-state index in [1.165, 1.54) is 43.3 Å². The molecule has 0 unspecified atom stereocenters. The Hall–Kier alpha value is -3.47. The Morgan fingerprint density at radius 2 is 1.85 bits per heavy atom. The van der Waals surface area contributed by atoms with Crippen molar-refractivity contribution in [3.05, 3.63) is 53.7 Å². The summed E-state index contributed by atoms with van der Waals surface area (Å²) in [5, 5.41) is 10.6. The number of aromatic nitrogens is 4. The predicted octanol–water partition coefficient (Wildman–Crippen LogP) is 6.07. The third kappa shape index (κ3) is 7.14. The molecule has 2 aliphatic rings. The van der Waals surface area contributed by atoms with Gasteiger partial charge in [-0.3, -0.25) is 4.79 Å². The number of pyridine rings is 1. The van der Waals surface area contributed by atoms with Gasteiger partial charge in [0.2, 0.25) is 5.82 Å². The Morgan fingerprint density at radius 1 is 1.05 bits per heavy atom. The predicted molar refractivity (Wildman–Crippen MR) is 138 cm³/mol. The summed E-state index contributed by atoms with van der Waals surface area (Å²) in [7, 11) is 0. The van der Waals surface area contributed by atoms with Gasteiger partial charge in [-0.05, 0) is 72.6 Å². The highest BCUT2D eigenvalue weighted by Crippen LogP contribution is 2.39. The van der Waals surface area contributed by atoms with Gasteiger partial charge in [-0.2, -0.15) is 13.2 Å². The quantitative estimate of drug-likeness (QED) is 0.340. The number of ether oxygens (including phenoxy) is 2. The first kappa shape index (κ1) is 27.1. The van der Waals surface area contributed by atoms with Crippen LogP contribution in [-0.4, -0.2) is 45.9 Å². The summed E-state index contributed by atoms with van der Waals surface area (Å²) in [6.45, 7) is 1.87. The minimum atomic E-state index is -4.57. The molecule has 1 amide bonds. The molecule has 2 N–H and O–H groups in total. The number of halogens is 3. The van der Waals surface area contributed by atoms with Crippen molar-refractivity contribution in [1.29, 1.82) is 0 Å². The molecule has 2 fully saturated rings. The molecule has 39 heavy (non-hydrogen) atoms. The van der Waals surface area contributed by atoms with E-state index in [1.54, 1.807) is 0 Å². The highest BCUT2D eigenvalue weighted by atomic mass is 19.4. The first-order valence-electron chi connectivity index (χ1n) is 13.5. The van der Waals surface area contributed by atoms with Gasteiger partial charge in [0.25, 0.3) is 5.91 Å². The topological polar surface area (TPSA) is 102 Å². The van der Waals surface area contributed by atoms with Crippen molar-refractivity contribution in [1.82, 2.24) is 20.2 Å². The number of carbonyl (C=O) groups is 1. The van der Waals surface area contributed by atoms with Gasteiger partial charge in [0.1, 0.15) is 17.4 Å². The number of benzene rings is 1. The van der Waals surface area contributed by atoms with E-state index in [0.717, 1.165) is 57.8 Å². The number of carbonyl (C=O) groups excluding carboxylic acids is 1. The Bertz CT molecular complexity index is 1270. The maximum absolute atomic E-state index is 13.9. The van der Waals surface area contributed by atoms with Crippen molar-refractivity contribution >= 4 is 11.7 Å². The summed E-state index contributed by atoms with van der Waals surface area (Å²) in [6, 6.07) is 6.63. The molecule has 0 atom stereocenters. The van der Waals surface area contributed by atoms with E-state index >= 15 is 0 Å². The molecule has 1 aromatic carbocycles. The number of rotatable bonds is 9. The van der Waals surface area contributed by atoms with Crippen molar-refractivity contribution in [3.8, 4) is 16.9 Å². The Labute approximate surface area is 224 Å². The number of aromatic amines is 1. The normalized spacial score (nSPS) is 16.9. The summed E-state index contributed by atoms with van der Waals surface area (Å²) in [5.41, 5.74) is -0.598. The monoisotopic (exact) mass is 543 g/mol. The number of hydrogen-bond acceptors (Lipinski definition) is 6. The second kappa shape index (κ2) is 12.1.